The minimum absolute atomic E-state index is 0.0243. The van der Waals surface area contributed by atoms with E-state index in [4.69, 9.17) is 4.74 Å². The Morgan fingerprint density at radius 3 is 2.47 bits per heavy atom. The van der Waals surface area contributed by atoms with E-state index >= 15 is 0 Å². The molecule has 1 amide bonds. The largest absolute Gasteiger partial charge is 0.423 e. The van der Waals surface area contributed by atoms with Crippen LogP contribution in [0.5, 0.6) is 0 Å². The lowest BCUT2D eigenvalue weighted by atomic mass is 10.2. The fourth-order valence-electron chi connectivity index (χ4n) is 1.38. The maximum atomic E-state index is 12.0. The minimum atomic E-state index is -0.316. The highest BCUT2D eigenvalue weighted by molar-refractivity contribution is 7.98. The standard InChI is InChI=1S/C14H17NO3S/c1-4-15(2)14(17)13(18-10-16)9-11-5-7-12(19-3)8-6-11/h5-10H,4H2,1-3H3/b13-9+. The summed E-state index contributed by atoms with van der Waals surface area (Å²) in [6, 6.07) is 7.64. The zero-order valence-electron chi connectivity index (χ0n) is 11.3. The van der Waals surface area contributed by atoms with E-state index in [0.717, 1.165) is 10.5 Å². The van der Waals surface area contributed by atoms with Gasteiger partial charge >= 0.3 is 0 Å². The van der Waals surface area contributed by atoms with Gasteiger partial charge in [-0.25, -0.2) is 0 Å². The molecule has 1 aromatic carbocycles. The van der Waals surface area contributed by atoms with Crippen molar-refractivity contribution in [2.24, 2.45) is 0 Å². The van der Waals surface area contributed by atoms with Gasteiger partial charge in [-0.15, -0.1) is 11.8 Å². The Bertz CT molecular complexity index is 468. The summed E-state index contributed by atoms with van der Waals surface area (Å²) < 4.78 is 4.77. The third-order valence-electron chi connectivity index (χ3n) is 2.62. The Morgan fingerprint density at radius 2 is 2.00 bits per heavy atom. The Morgan fingerprint density at radius 1 is 1.37 bits per heavy atom. The molecular weight excluding hydrogens is 262 g/mol. The number of carbonyl (C=O) groups is 2. The van der Waals surface area contributed by atoms with Gasteiger partial charge in [0, 0.05) is 18.5 Å². The highest BCUT2D eigenvalue weighted by atomic mass is 32.2. The molecule has 5 heteroatoms. The molecule has 0 aliphatic rings. The first-order chi connectivity index (χ1) is 9.12. The molecule has 4 nitrogen and oxygen atoms in total. The van der Waals surface area contributed by atoms with Crippen molar-refractivity contribution < 1.29 is 14.3 Å². The molecule has 0 spiro atoms. The van der Waals surface area contributed by atoms with Gasteiger partial charge in [-0.1, -0.05) is 12.1 Å². The van der Waals surface area contributed by atoms with Crippen LogP contribution in [0.3, 0.4) is 0 Å². The van der Waals surface area contributed by atoms with Crippen LogP contribution >= 0.6 is 11.8 Å². The van der Waals surface area contributed by atoms with E-state index in [9.17, 15) is 9.59 Å². The summed E-state index contributed by atoms with van der Waals surface area (Å²) in [4.78, 5) is 25.1. The number of ether oxygens (including phenoxy) is 1. The van der Waals surface area contributed by atoms with E-state index in [-0.39, 0.29) is 18.1 Å². The number of rotatable bonds is 6. The van der Waals surface area contributed by atoms with Crippen molar-refractivity contribution in [3.05, 3.63) is 35.6 Å². The number of hydrogen-bond donors (Lipinski definition) is 0. The first-order valence-electron chi connectivity index (χ1n) is 5.83. The van der Waals surface area contributed by atoms with E-state index in [1.165, 1.54) is 4.90 Å². The number of benzene rings is 1. The molecule has 0 saturated heterocycles. The monoisotopic (exact) mass is 279 g/mol. The summed E-state index contributed by atoms with van der Waals surface area (Å²) in [5, 5.41) is 0. The summed E-state index contributed by atoms with van der Waals surface area (Å²) in [5.41, 5.74) is 0.813. The molecular formula is C14H17NO3S. The normalized spacial score (nSPS) is 11.0. The van der Waals surface area contributed by atoms with Crippen molar-refractivity contribution in [2.45, 2.75) is 11.8 Å². The summed E-state index contributed by atoms with van der Waals surface area (Å²) >= 11 is 1.64. The molecule has 1 aromatic rings. The van der Waals surface area contributed by atoms with E-state index in [1.54, 1.807) is 24.9 Å². The first-order valence-corrected chi connectivity index (χ1v) is 7.06. The van der Waals surface area contributed by atoms with Gasteiger partial charge in [-0.05, 0) is 37.0 Å². The maximum Gasteiger partial charge on any atom is 0.298 e. The molecule has 0 aliphatic heterocycles. The van der Waals surface area contributed by atoms with Gasteiger partial charge in [0.15, 0.2) is 5.76 Å². The van der Waals surface area contributed by atoms with Crippen molar-refractivity contribution in [1.82, 2.24) is 4.90 Å². The second-order valence-electron chi connectivity index (χ2n) is 3.82. The van der Waals surface area contributed by atoms with Crippen molar-refractivity contribution >= 4 is 30.2 Å². The van der Waals surface area contributed by atoms with Gasteiger partial charge in [-0.2, -0.15) is 0 Å². The molecule has 102 valence electrons. The average molecular weight is 279 g/mol. The average Bonchev–Trinajstić information content (AvgIpc) is 2.46. The summed E-state index contributed by atoms with van der Waals surface area (Å²) in [6.07, 6.45) is 3.55. The number of thioether (sulfide) groups is 1. The minimum Gasteiger partial charge on any atom is -0.423 e. The van der Waals surface area contributed by atoms with E-state index < -0.39 is 0 Å². The molecule has 0 bridgehead atoms. The fraction of sp³-hybridized carbons (Fsp3) is 0.286. The third kappa shape index (κ3) is 4.44. The molecule has 0 fully saturated rings. The van der Waals surface area contributed by atoms with Crippen LogP contribution in [-0.4, -0.2) is 37.1 Å². The highest BCUT2D eigenvalue weighted by Gasteiger charge is 2.15. The van der Waals surface area contributed by atoms with Crippen LogP contribution in [0.1, 0.15) is 12.5 Å². The van der Waals surface area contributed by atoms with Crippen LogP contribution < -0.4 is 0 Å². The molecule has 0 N–H and O–H groups in total. The number of amides is 1. The van der Waals surface area contributed by atoms with Crippen LogP contribution in [0.2, 0.25) is 0 Å². The Balaban J connectivity index is 2.99. The molecule has 0 unspecified atom stereocenters. The second-order valence-corrected chi connectivity index (χ2v) is 4.69. The van der Waals surface area contributed by atoms with Gasteiger partial charge in [0.25, 0.3) is 12.4 Å². The zero-order valence-corrected chi connectivity index (χ0v) is 12.1. The number of nitrogens with zero attached hydrogens (tertiary/aromatic N) is 1. The van der Waals surface area contributed by atoms with Gasteiger partial charge in [0.05, 0.1) is 0 Å². The van der Waals surface area contributed by atoms with Crippen LogP contribution in [0.15, 0.2) is 34.9 Å². The van der Waals surface area contributed by atoms with Crippen LogP contribution in [0.4, 0.5) is 0 Å². The molecule has 0 aliphatic carbocycles. The van der Waals surface area contributed by atoms with E-state index in [0.29, 0.717) is 6.54 Å². The predicted octanol–water partition coefficient (Wildman–Crippen LogP) is 2.40. The van der Waals surface area contributed by atoms with Crippen molar-refractivity contribution in [3.8, 4) is 0 Å². The summed E-state index contributed by atoms with van der Waals surface area (Å²) in [5.74, 6) is -0.292. The first kappa shape index (κ1) is 15.3. The Hall–Kier alpha value is -1.75. The van der Waals surface area contributed by atoms with E-state index in [2.05, 4.69) is 0 Å². The summed E-state index contributed by atoms with van der Waals surface area (Å²) in [7, 11) is 1.65. The van der Waals surface area contributed by atoms with Gasteiger partial charge in [-0.3, -0.25) is 9.59 Å². The fourth-order valence-corrected chi connectivity index (χ4v) is 1.79. The van der Waals surface area contributed by atoms with Crippen LogP contribution in [0, 0.1) is 0 Å². The van der Waals surface area contributed by atoms with Gasteiger partial charge in [0.2, 0.25) is 0 Å². The van der Waals surface area contributed by atoms with Crippen molar-refractivity contribution in [3.63, 3.8) is 0 Å². The summed E-state index contributed by atoms with van der Waals surface area (Å²) in [6.45, 7) is 2.66. The highest BCUT2D eigenvalue weighted by Crippen LogP contribution is 2.17. The quantitative estimate of drug-likeness (QED) is 0.347. The second kappa shape index (κ2) is 7.63. The molecule has 0 radical (unpaired) electrons. The van der Waals surface area contributed by atoms with Crippen LogP contribution in [0.25, 0.3) is 6.08 Å². The van der Waals surface area contributed by atoms with E-state index in [1.807, 2.05) is 37.4 Å². The topological polar surface area (TPSA) is 46.6 Å². The van der Waals surface area contributed by atoms with Crippen LogP contribution in [-0.2, 0) is 14.3 Å². The molecule has 0 heterocycles. The van der Waals surface area contributed by atoms with Crippen molar-refractivity contribution in [1.29, 1.82) is 0 Å². The molecule has 0 saturated carbocycles. The third-order valence-corrected chi connectivity index (χ3v) is 3.36. The molecule has 19 heavy (non-hydrogen) atoms. The lowest BCUT2D eigenvalue weighted by molar-refractivity contribution is -0.135. The maximum absolute atomic E-state index is 12.0. The van der Waals surface area contributed by atoms with Gasteiger partial charge < -0.3 is 9.64 Å². The number of hydrogen-bond acceptors (Lipinski definition) is 4. The molecule has 1 rings (SSSR count). The SMILES string of the molecule is CCN(C)C(=O)/C(=C\c1ccc(SC)cc1)OC=O. The Kier molecular flexibility index (Phi) is 6.15. The lowest BCUT2D eigenvalue weighted by Gasteiger charge is -2.15. The molecule has 0 atom stereocenters. The zero-order chi connectivity index (χ0) is 14.3. The Labute approximate surface area is 117 Å². The molecule has 0 aromatic heterocycles. The predicted molar refractivity (Wildman–Crippen MR) is 76.7 cm³/mol. The van der Waals surface area contributed by atoms with Crippen molar-refractivity contribution in [2.75, 3.05) is 19.8 Å². The number of carbonyl (C=O) groups excluding carboxylic acids is 2. The smallest absolute Gasteiger partial charge is 0.298 e. The van der Waals surface area contributed by atoms with Gasteiger partial charge in [0.1, 0.15) is 0 Å². The number of likely N-dealkylation sites (N-methyl/N-ethyl adjacent to an activating group) is 1. The lowest BCUT2D eigenvalue weighted by Crippen LogP contribution is -2.28.